The first-order valence-corrected chi connectivity index (χ1v) is 5.90. The SMILES string of the molecule is CN(C)c1ccc(N)cc1C(=O)NCc1cnc[nH]1. The number of aromatic nitrogens is 2. The zero-order chi connectivity index (χ0) is 13.8. The minimum absolute atomic E-state index is 0.161. The van der Waals surface area contributed by atoms with E-state index in [-0.39, 0.29) is 5.91 Å². The summed E-state index contributed by atoms with van der Waals surface area (Å²) in [6, 6.07) is 5.29. The number of nitrogens with zero attached hydrogens (tertiary/aromatic N) is 2. The molecule has 0 aliphatic carbocycles. The molecule has 0 saturated heterocycles. The molecule has 2 rings (SSSR count). The predicted octanol–water partition coefficient (Wildman–Crippen LogP) is 0.988. The van der Waals surface area contributed by atoms with Gasteiger partial charge in [-0.25, -0.2) is 4.98 Å². The van der Waals surface area contributed by atoms with Crippen molar-refractivity contribution in [2.75, 3.05) is 24.7 Å². The molecule has 0 atom stereocenters. The van der Waals surface area contributed by atoms with Crippen molar-refractivity contribution in [3.63, 3.8) is 0 Å². The predicted molar refractivity (Wildman–Crippen MR) is 74.9 cm³/mol. The highest BCUT2D eigenvalue weighted by Gasteiger charge is 2.13. The molecule has 0 aliphatic heterocycles. The van der Waals surface area contributed by atoms with E-state index in [1.54, 1.807) is 24.7 Å². The van der Waals surface area contributed by atoms with Gasteiger partial charge in [0.1, 0.15) is 0 Å². The van der Waals surface area contributed by atoms with Crippen LogP contribution in [0.2, 0.25) is 0 Å². The summed E-state index contributed by atoms with van der Waals surface area (Å²) in [5, 5.41) is 2.83. The smallest absolute Gasteiger partial charge is 0.253 e. The molecular formula is C13H17N5O. The van der Waals surface area contributed by atoms with E-state index in [0.717, 1.165) is 11.4 Å². The molecule has 19 heavy (non-hydrogen) atoms. The first-order valence-electron chi connectivity index (χ1n) is 5.90. The van der Waals surface area contributed by atoms with Crippen LogP contribution in [0.3, 0.4) is 0 Å². The Morgan fingerprint density at radius 3 is 2.89 bits per heavy atom. The standard InChI is InChI=1S/C13H17N5O/c1-18(2)12-4-3-9(14)5-11(12)13(19)16-7-10-6-15-8-17-10/h3-6,8H,7,14H2,1-2H3,(H,15,17)(H,16,19). The number of nitrogen functional groups attached to an aromatic ring is 1. The first-order chi connectivity index (χ1) is 9.08. The highest BCUT2D eigenvalue weighted by Crippen LogP contribution is 2.21. The zero-order valence-electron chi connectivity index (χ0n) is 11.0. The molecule has 0 bridgehead atoms. The van der Waals surface area contributed by atoms with Gasteiger partial charge in [-0.1, -0.05) is 0 Å². The van der Waals surface area contributed by atoms with Crippen molar-refractivity contribution in [2.45, 2.75) is 6.54 Å². The maximum absolute atomic E-state index is 12.2. The van der Waals surface area contributed by atoms with E-state index >= 15 is 0 Å². The molecule has 4 N–H and O–H groups in total. The summed E-state index contributed by atoms with van der Waals surface area (Å²) in [5.41, 5.74) is 8.55. The zero-order valence-corrected chi connectivity index (χ0v) is 11.0. The molecule has 0 aliphatic rings. The van der Waals surface area contributed by atoms with Crippen LogP contribution in [0, 0.1) is 0 Å². The molecule has 0 saturated carbocycles. The van der Waals surface area contributed by atoms with Crippen molar-refractivity contribution in [3.8, 4) is 0 Å². The fraction of sp³-hybridized carbons (Fsp3) is 0.231. The lowest BCUT2D eigenvalue weighted by molar-refractivity contribution is 0.0951. The third-order valence-electron chi connectivity index (χ3n) is 2.74. The van der Waals surface area contributed by atoms with Gasteiger partial charge in [-0.3, -0.25) is 4.79 Å². The van der Waals surface area contributed by atoms with Crippen molar-refractivity contribution >= 4 is 17.3 Å². The number of anilines is 2. The first kappa shape index (κ1) is 12.9. The van der Waals surface area contributed by atoms with Gasteiger partial charge >= 0.3 is 0 Å². The molecular weight excluding hydrogens is 242 g/mol. The van der Waals surface area contributed by atoms with E-state index < -0.39 is 0 Å². The molecule has 100 valence electrons. The molecule has 0 spiro atoms. The van der Waals surface area contributed by atoms with Gasteiger partial charge < -0.3 is 20.9 Å². The van der Waals surface area contributed by atoms with Crippen molar-refractivity contribution in [1.29, 1.82) is 0 Å². The number of H-pyrrole nitrogens is 1. The van der Waals surface area contributed by atoms with Crippen LogP contribution in [-0.4, -0.2) is 30.0 Å². The number of benzene rings is 1. The average Bonchev–Trinajstić information content (AvgIpc) is 2.88. The Morgan fingerprint density at radius 2 is 2.26 bits per heavy atom. The Morgan fingerprint density at radius 1 is 1.47 bits per heavy atom. The molecule has 6 heteroatoms. The highest BCUT2D eigenvalue weighted by atomic mass is 16.1. The molecule has 0 unspecified atom stereocenters. The number of aromatic amines is 1. The molecule has 0 radical (unpaired) electrons. The summed E-state index contributed by atoms with van der Waals surface area (Å²) < 4.78 is 0. The van der Waals surface area contributed by atoms with E-state index in [9.17, 15) is 4.79 Å². The molecule has 1 amide bonds. The number of imidazole rings is 1. The molecule has 6 nitrogen and oxygen atoms in total. The minimum Gasteiger partial charge on any atom is -0.399 e. The van der Waals surface area contributed by atoms with Gasteiger partial charge in [0.2, 0.25) is 0 Å². The quantitative estimate of drug-likeness (QED) is 0.714. The van der Waals surface area contributed by atoms with Crippen LogP contribution in [0.15, 0.2) is 30.7 Å². The van der Waals surface area contributed by atoms with Gasteiger partial charge in [-0.15, -0.1) is 0 Å². The van der Waals surface area contributed by atoms with Crippen LogP contribution in [0.1, 0.15) is 16.1 Å². The lowest BCUT2D eigenvalue weighted by atomic mass is 10.1. The Balaban J connectivity index is 2.16. The summed E-state index contributed by atoms with van der Waals surface area (Å²) in [6.45, 7) is 0.403. The van der Waals surface area contributed by atoms with Crippen molar-refractivity contribution < 1.29 is 4.79 Å². The summed E-state index contributed by atoms with van der Waals surface area (Å²) in [7, 11) is 3.77. The van der Waals surface area contributed by atoms with Crippen LogP contribution in [-0.2, 0) is 6.54 Å². The van der Waals surface area contributed by atoms with E-state index in [1.807, 2.05) is 25.1 Å². The second-order valence-corrected chi connectivity index (χ2v) is 4.43. The summed E-state index contributed by atoms with van der Waals surface area (Å²) in [5.74, 6) is -0.161. The Labute approximate surface area is 111 Å². The number of carbonyl (C=O) groups is 1. The third kappa shape index (κ3) is 3.04. The minimum atomic E-state index is -0.161. The molecule has 1 aromatic carbocycles. The van der Waals surface area contributed by atoms with Gasteiger partial charge in [0.25, 0.3) is 5.91 Å². The van der Waals surface area contributed by atoms with Crippen molar-refractivity contribution in [1.82, 2.24) is 15.3 Å². The van der Waals surface area contributed by atoms with Crippen LogP contribution < -0.4 is 16.0 Å². The van der Waals surface area contributed by atoms with Gasteiger partial charge in [0.15, 0.2) is 0 Å². The van der Waals surface area contributed by atoms with E-state index in [1.165, 1.54) is 0 Å². The Hall–Kier alpha value is -2.50. The van der Waals surface area contributed by atoms with Gasteiger partial charge in [-0.05, 0) is 18.2 Å². The molecule has 1 aromatic heterocycles. The topological polar surface area (TPSA) is 87.0 Å². The number of hydrogen-bond donors (Lipinski definition) is 3. The molecule has 0 fully saturated rings. The fourth-order valence-electron chi connectivity index (χ4n) is 1.78. The summed E-state index contributed by atoms with van der Waals surface area (Å²) in [4.78, 5) is 20.9. The largest absolute Gasteiger partial charge is 0.399 e. The van der Waals surface area contributed by atoms with Crippen LogP contribution in [0.25, 0.3) is 0 Å². The lowest BCUT2D eigenvalue weighted by Crippen LogP contribution is -2.25. The maximum atomic E-state index is 12.2. The average molecular weight is 259 g/mol. The second-order valence-electron chi connectivity index (χ2n) is 4.43. The van der Waals surface area contributed by atoms with E-state index in [2.05, 4.69) is 15.3 Å². The van der Waals surface area contributed by atoms with Gasteiger partial charge in [-0.2, -0.15) is 0 Å². The third-order valence-corrected chi connectivity index (χ3v) is 2.74. The van der Waals surface area contributed by atoms with E-state index in [4.69, 9.17) is 5.73 Å². The van der Waals surface area contributed by atoms with Crippen LogP contribution in [0.5, 0.6) is 0 Å². The highest BCUT2D eigenvalue weighted by molar-refractivity contribution is 6.00. The monoisotopic (exact) mass is 259 g/mol. The fourth-order valence-corrected chi connectivity index (χ4v) is 1.78. The normalized spacial score (nSPS) is 10.2. The van der Waals surface area contributed by atoms with Crippen LogP contribution in [0.4, 0.5) is 11.4 Å². The maximum Gasteiger partial charge on any atom is 0.253 e. The van der Waals surface area contributed by atoms with Crippen molar-refractivity contribution in [2.24, 2.45) is 0 Å². The number of nitrogens with two attached hydrogens (primary N) is 1. The Bertz CT molecular complexity index is 562. The lowest BCUT2D eigenvalue weighted by Gasteiger charge is -2.17. The number of rotatable bonds is 4. The number of amides is 1. The Kier molecular flexibility index (Phi) is 3.70. The van der Waals surface area contributed by atoms with Gasteiger partial charge in [0, 0.05) is 31.7 Å². The molecule has 2 aromatic rings. The molecule has 1 heterocycles. The number of carbonyl (C=O) groups excluding carboxylic acids is 1. The number of nitrogens with one attached hydrogen (secondary N) is 2. The van der Waals surface area contributed by atoms with Gasteiger partial charge in [0.05, 0.1) is 24.1 Å². The van der Waals surface area contributed by atoms with Crippen LogP contribution >= 0.6 is 0 Å². The van der Waals surface area contributed by atoms with E-state index in [0.29, 0.717) is 17.8 Å². The summed E-state index contributed by atoms with van der Waals surface area (Å²) >= 11 is 0. The number of hydrogen-bond acceptors (Lipinski definition) is 4. The second kappa shape index (κ2) is 5.43. The van der Waals surface area contributed by atoms with Crippen molar-refractivity contribution in [3.05, 3.63) is 42.0 Å². The summed E-state index contributed by atoms with van der Waals surface area (Å²) in [6.07, 6.45) is 3.25.